The molecule has 29 heavy (non-hydrogen) atoms. The monoisotopic (exact) mass is 467 g/mol. The maximum atomic E-state index is 12.7. The summed E-state index contributed by atoms with van der Waals surface area (Å²) in [5.41, 5.74) is 2.05. The summed E-state index contributed by atoms with van der Waals surface area (Å²) in [4.78, 5) is 18.0. The molecule has 4 aromatic rings. The number of amides is 1. The molecule has 0 bridgehead atoms. The molecule has 2 heterocycles. The molecule has 1 unspecified atom stereocenters. The summed E-state index contributed by atoms with van der Waals surface area (Å²) in [6.45, 7) is 0. The Morgan fingerprint density at radius 1 is 1.03 bits per heavy atom. The number of rotatable bonds is 7. The highest BCUT2D eigenvalue weighted by Crippen LogP contribution is 2.24. The number of aromatic nitrogens is 2. The van der Waals surface area contributed by atoms with Crippen LogP contribution in [0.4, 0.5) is 0 Å². The highest BCUT2D eigenvalue weighted by molar-refractivity contribution is 9.10. The molecule has 1 atom stereocenters. The third kappa shape index (κ3) is 4.99. The van der Waals surface area contributed by atoms with Crippen LogP contribution in [-0.2, 0) is 11.2 Å². The molecule has 4 rings (SSSR count). The van der Waals surface area contributed by atoms with Crippen LogP contribution in [0.5, 0.6) is 0 Å². The lowest BCUT2D eigenvalue weighted by molar-refractivity contribution is -0.121. The van der Waals surface area contributed by atoms with E-state index in [-0.39, 0.29) is 18.4 Å². The summed E-state index contributed by atoms with van der Waals surface area (Å²) in [5.74, 6) is 0.952. The fourth-order valence-corrected chi connectivity index (χ4v) is 3.89. The average Bonchev–Trinajstić information content (AvgIpc) is 3.44. The van der Waals surface area contributed by atoms with Gasteiger partial charge in [0.05, 0.1) is 10.9 Å². The Bertz CT molecular complexity index is 1060. The van der Waals surface area contributed by atoms with E-state index >= 15 is 0 Å². The fraction of sp³-hybridized carbons (Fsp3) is 0.136. The zero-order chi connectivity index (χ0) is 20.1. The van der Waals surface area contributed by atoms with E-state index in [0.29, 0.717) is 18.1 Å². The molecule has 0 saturated heterocycles. The molecule has 0 radical (unpaired) electrons. The molecule has 1 N–H and O–H groups in total. The van der Waals surface area contributed by atoms with Gasteiger partial charge in [-0.05, 0) is 34.7 Å². The Labute approximate surface area is 180 Å². The molecule has 0 aliphatic carbocycles. The van der Waals surface area contributed by atoms with E-state index in [1.807, 2.05) is 72.1 Å². The second kappa shape index (κ2) is 9.15. The summed E-state index contributed by atoms with van der Waals surface area (Å²) in [6.07, 6.45) is 0.665. The van der Waals surface area contributed by atoms with Gasteiger partial charge in [0.2, 0.25) is 17.6 Å². The van der Waals surface area contributed by atoms with Crippen LogP contribution in [0.3, 0.4) is 0 Å². The van der Waals surface area contributed by atoms with E-state index in [1.54, 1.807) is 11.3 Å². The summed E-state index contributed by atoms with van der Waals surface area (Å²) < 4.78 is 6.28. The van der Waals surface area contributed by atoms with Crippen LogP contribution >= 0.6 is 27.3 Å². The molecular weight excluding hydrogens is 450 g/mol. The van der Waals surface area contributed by atoms with Crippen LogP contribution in [-0.4, -0.2) is 16.0 Å². The molecule has 5 nitrogen and oxygen atoms in total. The number of carbonyl (C=O) groups is 1. The second-order valence-corrected chi connectivity index (χ2v) is 8.32. The first-order chi connectivity index (χ1) is 14.2. The van der Waals surface area contributed by atoms with E-state index in [2.05, 4.69) is 31.4 Å². The van der Waals surface area contributed by atoms with E-state index in [1.165, 1.54) is 0 Å². The lowest BCUT2D eigenvalue weighted by atomic mass is 9.98. The number of aryl methyl sites for hydroxylation is 1. The lowest BCUT2D eigenvalue weighted by Gasteiger charge is -2.20. The number of benzene rings is 2. The molecule has 1 amide bonds. The Morgan fingerprint density at radius 2 is 1.79 bits per heavy atom. The number of hydrogen-bond donors (Lipinski definition) is 1. The number of nitrogens with one attached hydrogen (secondary N) is 1. The zero-order valence-electron chi connectivity index (χ0n) is 15.4. The van der Waals surface area contributed by atoms with Crippen LogP contribution < -0.4 is 5.32 Å². The maximum Gasteiger partial charge on any atom is 0.227 e. The summed E-state index contributed by atoms with van der Waals surface area (Å²) in [7, 11) is 0. The molecule has 7 heteroatoms. The van der Waals surface area contributed by atoms with Crippen molar-refractivity contribution in [3.05, 3.63) is 93.6 Å². The van der Waals surface area contributed by atoms with Crippen molar-refractivity contribution in [2.75, 3.05) is 0 Å². The van der Waals surface area contributed by atoms with Crippen molar-refractivity contribution >= 4 is 33.2 Å². The van der Waals surface area contributed by atoms with Gasteiger partial charge in [0, 0.05) is 17.3 Å². The number of hydrogen-bond acceptors (Lipinski definition) is 5. The third-order valence-corrected chi connectivity index (χ3v) is 5.81. The van der Waals surface area contributed by atoms with Crippen molar-refractivity contribution in [3.63, 3.8) is 0 Å². The van der Waals surface area contributed by atoms with Crippen molar-refractivity contribution in [2.45, 2.75) is 18.9 Å². The normalized spacial score (nSPS) is 11.9. The minimum absolute atomic E-state index is 0.0716. The van der Waals surface area contributed by atoms with Crippen LogP contribution in [0.15, 0.2) is 81.1 Å². The Morgan fingerprint density at radius 3 is 2.52 bits per heavy atom. The number of nitrogens with zero attached hydrogens (tertiary/aromatic N) is 2. The molecule has 0 aliphatic heterocycles. The Balaban J connectivity index is 1.43. The minimum Gasteiger partial charge on any atom is -0.345 e. The molecule has 0 saturated carbocycles. The first-order valence-corrected chi connectivity index (χ1v) is 10.8. The Kier molecular flexibility index (Phi) is 6.17. The highest BCUT2D eigenvalue weighted by Gasteiger charge is 2.18. The molecule has 2 aromatic heterocycles. The van der Waals surface area contributed by atoms with Crippen molar-refractivity contribution in [2.24, 2.45) is 0 Å². The fourth-order valence-electron chi connectivity index (χ4n) is 2.98. The molecule has 0 fully saturated rings. The average molecular weight is 468 g/mol. The Hall–Kier alpha value is -2.77. The quantitative estimate of drug-likeness (QED) is 0.395. The largest absolute Gasteiger partial charge is 0.345 e. The second-order valence-electron chi connectivity index (χ2n) is 6.45. The number of halogens is 1. The van der Waals surface area contributed by atoms with Crippen LogP contribution in [0.1, 0.15) is 29.5 Å². The smallest absolute Gasteiger partial charge is 0.227 e. The summed E-state index contributed by atoms with van der Waals surface area (Å²) in [6, 6.07) is 21.5. The predicted molar refractivity (Wildman–Crippen MR) is 117 cm³/mol. The summed E-state index contributed by atoms with van der Waals surface area (Å²) in [5, 5.41) is 9.08. The van der Waals surface area contributed by atoms with Crippen molar-refractivity contribution in [1.29, 1.82) is 0 Å². The van der Waals surface area contributed by atoms with Gasteiger partial charge < -0.3 is 9.84 Å². The van der Waals surface area contributed by atoms with Gasteiger partial charge >= 0.3 is 0 Å². The van der Waals surface area contributed by atoms with Crippen LogP contribution in [0, 0.1) is 0 Å². The highest BCUT2D eigenvalue weighted by atomic mass is 79.9. The topological polar surface area (TPSA) is 68.0 Å². The van der Waals surface area contributed by atoms with E-state index < -0.39 is 0 Å². The van der Waals surface area contributed by atoms with Crippen LogP contribution in [0.25, 0.3) is 10.7 Å². The molecular formula is C22H18BrN3O2S. The van der Waals surface area contributed by atoms with Gasteiger partial charge in [-0.15, -0.1) is 11.3 Å². The minimum atomic E-state index is -0.221. The summed E-state index contributed by atoms with van der Waals surface area (Å²) >= 11 is 5.01. The molecule has 146 valence electrons. The van der Waals surface area contributed by atoms with Gasteiger partial charge in [-0.25, -0.2) is 0 Å². The third-order valence-electron chi connectivity index (χ3n) is 4.42. The maximum absolute atomic E-state index is 12.7. The number of carbonyl (C=O) groups excluding carboxylic acids is 1. The van der Waals surface area contributed by atoms with Gasteiger partial charge in [-0.2, -0.15) is 4.98 Å². The van der Waals surface area contributed by atoms with Crippen molar-refractivity contribution in [3.8, 4) is 10.7 Å². The molecule has 2 aromatic carbocycles. The van der Waals surface area contributed by atoms with Crippen LogP contribution in [0.2, 0.25) is 0 Å². The van der Waals surface area contributed by atoms with Crippen molar-refractivity contribution < 1.29 is 9.32 Å². The van der Waals surface area contributed by atoms with E-state index in [9.17, 15) is 4.79 Å². The predicted octanol–water partition coefficient (Wildman–Crippen LogP) is 5.40. The first kappa shape index (κ1) is 19.5. The number of thiophene rings is 1. The van der Waals surface area contributed by atoms with Gasteiger partial charge in [-0.1, -0.05) is 69.6 Å². The van der Waals surface area contributed by atoms with E-state index in [0.717, 1.165) is 20.5 Å². The zero-order valence-corrected chi connectivity index (χ0v) is 17.8. The van der Waals surface area contributed by atoms with Gasteiger partial charge in [0.15, 0.2) is 0 Å². The van der Waals surface area contributed by atoms with Gasteiger partial charge in [0.25, 0.3) is 0 Å². The SMILES string of the molecule is O=C(CCc1nc(-c2cccs2)no1)NC(c1ccccc1)c1ccc(Br)cc1. The standard InChI is InChI=1S/C22H18BrN3O2S/c23-17-10-8-16(9-11-17)21(15-5-2-1-3-6-15)24-19(27)12-13-20-25-22(26-28-20)18-7-4-14-29-18/h1-11,14,21H,12-13H2,(H,24,27). The van der Waals surface area contributed by atoms with Crippen molar-refractivity contribution in [1.82, 2.24) is 15.5 Å². The van der Waals surface area contributed by atoms with E-state index in [4.69, 9.17) is 4.52 Å². The first-order valence-electron chi connectivity index (χ1n) is 9.15. The molecule has 0 aliphatic rings. The molecule has 0 spiro atoms. The van der Waals surface area contributed by atoms with Gasteiger partial charge in [-0.3, -0.25) is 4.79 Å². The van der Waals surface area contributed by atoms with Gasteiger partial charge in [0.1, 0.15) is 0 Å². The lowest BCUT2D eigenvalue weighted by Crippen LogP contribution is -2.29.